The largest absolute Gasteiger partial charge is 0.452 e. The second-order valence-electron chi connectivity index (χ2n) is 12.1. The van der Waals surface area contributed by atoms with Gasteiger partial charge >= 0.3 is 0 Å². The lowest BCUT2D eigenvalue weighted by molar-refractivity contribution is -0.0968. The van der Waals surface area contributed by atoms with Crippen LogP contribution in [-0.2, 0) is 11.3 Å². The highest BCUT2D eigenvalue weighted by atomic mass is 19.1. The summed E-state index contributed by atoms with van der Waals surface area (Å²) in [5.41, 5.74) is 4.93. The Kier molecular flexibility index (Phi) is 7.99. The molecule has 0 saturated heterocycles. The van der Waals surface area contributed by atoms with E-state index in [9.17, 15) is 14.4 Å². The number of hydroxylamine groups is 2. The summed E-state index contributed by atoms with van der Waals surface area (Å²) in [7, 11) is 0. The second-order valence-corrected chi connectivity index (χ2v) is 12.1. The molecule has 1 aliphatic heterocycles. The predicted octanol–water partition coefficient (Wildman–Crippen LogP) is 7.23. The molecule has 1 aromatic heterocycles. The van der Waals surface area contributed by atoms with E-state index in [1.54, 1.807) is 54.6 Å². The fourth-order valence-electron chi connectivity index (χ4n) is 6.07. The number of nitrogens with one attached hydrogen (secondary N) is 1. The lowest BCUT2D eigenvalue weighted by Crippen LogP contribution is -2.43. The summed E-state index contributed by atoms with van der Waals surface area (Å²) in [6, 6.07) is 24.1. The van der Waals surface area contributed by atoms with Crippen molar-refractivity contribution in [3.8, 4) is 11.5 Å². The number of hydrogen-bond acceptors (Lipinski definition) is 6. The van der Waals surface area contributed by atoms with Gasteiger partial charge in [-0.05, 0) is 80.0 Å². The first-order valence-corrected chi connectivity index (χ1v) is 15.6. The highest BCUT2D eigenvalue weighted by Crippen LogP contribution is 2.43. The van der Waals surface area contributed by atoms with E-state index in [0.717, 1.165) is 34.6 Å². The smallest absolute Gasteiger partial charge is 0.285 e. The molecule has 5 aromatic rings. The van der Waals surface area contributed by atoms with E-state index in [4.69, 9.17) is 9.57 Å². The van der Waals surface area contributed by atoms with Gasteiger partial charge in [0.2, 0.25) is 0 Å². The third-order valence-electron chi connectivity index (χ3n) is 8.66. The number of nitrogens with zero attached hydrogens (tertiary/aromatic N) is 2. The molecule has 2 heterocycles. The third kappa shape index (κ3) is 5.97. The highest BCUT2D eigenvalue weighted by Gasteiger charge is 2.37. The summed E-state index contributed by atoms with van der Waals surface area (Å²) in [6.07, 6.45) is 3.62. The molecule has 0 bridgehead atoms. The molecule has 0 radical (unpaired) electrons. The molecule has 1 N–H and O–H groups in total. The molecule has 0 unspecified atom stereocenters. The minimum atomic E-state index is -0.678. The number of imide groups is 1. The number of para-hydroxylation sites is 1. The zero-order valence-electron chi connectivity index (χ0n) is 26.0. The van der Waals surface area contributed by atoms with Crippen molar-refractivity contribution in [3.05, 3.63) is 136 Å². The molecular formula is C38H32FN3O5. The van der Waals surface area contributed by atoms with E-state index in [0.29, 0.717) is 22.9 Å². The minimum absolute atomic E-state index is 0.0151. The summed E-state index contributed by atoms with van der Waals surface area (Å²) in [4.78, 5) is 50.6. The Morgan fingerprint density at radius 1 is 0.936 bits per heavy atom. The SMILES string of the molecule is Cc1ccc(C[C@H](CON2C(=O)c3ccccc3C2=O)NC(=O)c2c(Oc3cccc(C4CC4)c3F)cnc3ccccc23)c(C)c1. The molecular weight excluding hydrogens is 597 g/mol. The molecule has 1 fully saturated rings. The van der Waals surface area contributed by atoms with Gasteiger partial charge in [0.05, 0.1) is 41.1 Å². The van der Waals surface area contributed by atoms with Gasteiger partial charge in [-0.1, -0.05) is 66.2 Å². The first-order valence-electron chi connectivity index (χ1n) is 15.6. The van der Waals surface area contributed by atoms with Crippen LogP contribution in [-0.4, -0.2) is 40.4 Å². The number of amides is 3. The first kappa shape index (κ1) is 30.3. The predicted molar refractivity (Wildman–Crippen MR) is 174 cm³/mol. The number of halogens is 1. The maximum Gasteiger partial charge on any atom is 0.285 e. The molecule has 236 valence electrons. The van der Waals surface area contributed by atoms with Crippen LogP contribution >= 0.6 is 0 Å². The Labute approximate surface area is 271 Å². The van der Waals surface area contributed by atoms with Crippen LogP contribution in [0.15, 0.2) is 91.1 Å². The second kappa shape index (κ2) is 12.4. The molecule has 0 spiro atoms. The van der Waals surface area contributed by atoms with Crippen molar-refractivity contribution in [2.45, 2.75) is 45.1 Å². The van der Waals surface area contributed by atoms with Crippen LogP contribution in [0.25, 0.3) is 10.9 Å². The number of pyridine rings is 1. The van der Waals surface area contributed by atoms with Gasteiger partial charge in [-0.3, -0.25) is 24.2 Å². The van der Waals surface area contributed by atoms with Crippen LogP contribution < -0.4 is 10.1 Å². The Hall–Kier alpha value is -5.41. The molecule has 1 saturated carbocycles. The summed E-state index contributed by atoms with van der Waals surface area (Å²) in [5.74, 6) is -1.79. The summed E-state index contributed by atoms with van der Waals surface area (Å²) in [6.45, 7) is 3.81. The van der Waals surface area contributed by atoms with Crippen LogP contribution in [0.4, 0.5) is 4.39 Å². The zero-order chi connectivity index (χ0) is 32.7. The van der Waals surface area contributed by atoms with Crippen molar-refractivity contribution in [1.29, 1.82) is 0 Å². The Morgan fingerprint density at radius 2 is 1.66 bits per heavy atom. The lowest BCUT2D eigenvalue weighted by Gasteiger charge is -2.23. The Bertz CT molecular complexity index is 2020. The summed E-state index contributed by atoms with van der Waals surface area (Å²) >= 11 is 0. The Morgan fingerprint density at radius 3 is 2.38 bits per heavy atom. The van der Waals surface area contributed by atoms with Gasteiger partial charge in [0.1, 0.15) is 0 Å². The normalized spacial score (nSPS) is 14.7. The summed E-state index contributed by atoms with van der Waals surface area (Å²) < 4.78 is 21.6. The van der Waals surface area contributed by atoms with Gasteiger partial charge in [-0.25, -0.2) is 4.39 Å². The van der Waals surface area contributed by atoms with Crippen molar-refractivity contribution in [3.63, 3.8) is 0 Å². The van der Waals surface area contributed by atoms with Crippen molar-refractivity contribution in [2.75, 3.05) is 6.61 Å². The molecule has 7 rings (SSSR count). The van der Waals surface area contributed by atoms with E-state index in [1.165, 1.54) is 12.3 Å². The molecule has 47 heavy (non-hydrogen) atoms. The number of rotatable bonds is 10. The van der Waals surface area contributed by atoms with Crippen LogP contribution in [0.3, 0.4) is 0 Å². The van der Waals surface area contributed by atoms with Gasteiger partial charge in [0, 0.05) is 5.39 Å². The number of carbonyl (C=O) groups is 3. The lowest BCUT2D eigenvalue weighted by atomic mass is 9.99. The fraction of sp³-hybridized carbons (Fsp3) is 0.211. The average Bonchev–Trinajstić information content (AvgIpc) is 3.88. The number of carbonyl (C=O) groups excluding carboxylic acids is 3. The van der Waals surface area contributed by atoms with Crippen LogP contribution in [0.2, 0.25) is 0 Å². The van der Waals surface area contributed by atoms with E-state index < -0.39 is 29.6 Å². The molecule has 3 amide bonds. The third-order valence-corrected chi connectivity index (χ3v) is 8.66. The number of ether oxygens (including phenoxy) is 1. The van der Waals surface area contributed by atoms with Crippen LogP contribution in [0, 0.1) is 19.7 Å². The van der Waals surface area contributed by atoms with Crippen molar-refractivity contribution < 1.29 is 28.3 Å². The maximum atomic E-state index is 15.5. The van der Waals surface area contributed by atoms with Gasteiger partial charge < -0.3 is 10.1 Å². The fourth-order valence-corrected chi connectivity index (χ4v) is 6.07. The average molecular weight is 630 g/mol. The van der Waals surface area contributed by atoms with Gasteiger partial charge in [0.15, 0.2) is 17.3 Å². The Balaban J connectivity index is 1.21. The number of hydrogen-bond donors (Lipinski definition) is 1. The van der Waals surface area contributed by atoms with Crippen molar-refractivity contribution in [2.24, 2.45) is 0 Å². The standard InChI is InChI=1S/C38H32FN3O5/c1-22-14-15-25(23(2)18-22)19-26(21-46-42-37(44)28-8-3-4-9-29(28)38(42)45)41-36(43)34-30-10-5-6-12-31(30)40-20-33(34)47-32-13-7-11-27(35(32)39)24-16-17-24/h3-15,18,20,24,26H,16-17,19,21H2,1-2H3,(H,41,43)/t26-/m1/s1. The van der Waals surface area contributed by atoms with E-state index in [1.807, 2.05) is 38.1 Å². The molecule has 1 atom stereocenters. The maximum absolute atomic E-state index is 15.5. The van der Waals surface area contributed by atoms with Crippen LogP contribution in [0.1, 0.15) is 72.1 Å². The van der Waals surface area contributed by atoms with E-state index in [2.05, 4.69) is 10.3 Å². The van der Waals surface area contributed by atoms with Crippen LogP contribution in [0.5, 0.6) is 11.5 Å². The van der Waals surface area contributed by atoms with Gasteiger partial charge in [-0.2, -0.15) is 0 Å². The zero-order valence-corrected chi connectivity index (χ0v) is 26.0. The van der Waals surface area contributed by atoms with E-state index in [-0.39, 0.29) is 40.7 Å². The highest BCUT2D eigenvalue weighted by molar-refractivity contribution is 6.20. The monoisotopic (exact) mass is 629 g/mol. The van der Waals surface area contributed by atoms with E-state index >= 15 is 4.39 Å². The molecule has 2 aliphatic rings. The molecule has 8 nitrogen and oxygen atoms in total. The van der Waals surface area contributed by atoms with Gasteiger partial charge in [-0.15, -0.1) is 5.06 Å². The molecule has 1 aliphatic carbocycles. The molecule has 4 aromatic carbocycles. The number of benzene rings is 4. The number of fused-ring (bicyclic) bond motifs is 2. The minimum Gasteiger partial charge on any atom is -0.452 e. The number of aryl methyl sites for hydroxylation is 2. The van der Waals surface area contributed by atoms with Gasteiger partial charge in [0.25, 0.3) is 17.7 Å². The van der Waals surface area contributed by atoms with Crippen molar-refractivity contribution >= 4 is 28.6 Å². The quantitative estimate of drug-likeness (QED) is 0.164. The number of aromatic nitrogens is 1. The van der Waals surface area contributed by atoms with Crippen molar-refractivity contribution in [1.82, 2.24) is 15.4 Å². The summed E-state index contributed by atoms with van der Waals surface area (Å²) in [5, 5.41) is 4.33. The molecule has 9 heteroatoms. The topological polar surface area (TPSA) is 97.8 Å². The first-order chi connectivity index (χ1) is 22.8.